The Kier molecular flexibility index (Phi) is 6.01. The normalized spacial score (nSPS) is 10.7. The molecule has 5 nitrogen and oxygen atoms in total. The Morgan fingerprint density at radius 1 is 1.35 bits per heavy atom. The fourth-order valence-electron chi connectivity index (χ4n) is 1.68. The molecule has 1 aromatic carbocycles. The van der Waals surface area contributed by atoms with Crippen molar-refractivity contribution >= 4 is 11.7 Å². The highest BCUT2D eigenvalue weighted by Crippen LogP contribution is 2.18. The smallest absolute Gasteiger partial charge is 0.319 e. The predicted molar refractivity (Wildman–Crippen MR) is 78.3 cm³/mol. The fourth-order valence-corrected chi connectivity index (χ4v) is 1.68. The molecule has 1 rings (SSSR count). The van der Waals surface area contributed by atoms with E-state index in [2.05, 4.69) is 16.7 Å². The molecule has 0 aromatic heterocycles. The lowest BCUT2D eigenvalue weighted by Gasteiger charge is -2.23. The van der Waals surface area contributed by atoms with Crippen LogP contribution in [0.3, 0.4) is 0 Å². The minimum absolute atomic E-state index is 0.108. The van der Waals surface area contributed by atoms with Crippen LogP contribution in [-0.4, -0.2) is 24.3 Å². The van der Waals surface area contributed by atoms with Crippen molar-refractivity contribution in [2.75, 3.05) is 18.5 Å². The van der Waals surface area contributed by atoms with E-state index in [4.69, 9.17) is 10.4 Å². The number of urea groups is 1. The highest BCUT2D eigenvalue weighted by Gasteiger charge is 2.17. The molecule has 0 atom stereocenters. The van der Waals surface area contributed by atoms with Gasteiger partial charge in [-0.25, -0.2) is 4.79 Å². The number of rotatable bonds is 6. The maximum Gasteiger partial charge on any atom is 0.319 e. The van der Waals surface area contributed by atoms with Gasteiger partial charge in [0.15, 0.2) is 0 Å². The van der Waals surface area contributed by atoms with Gasteiger partial charge in [0.05, 0.1) is 12.5 Å². The first-order chi connectivity index (χ1) is 9.46. The molecule has 0 aliphatic carbocycles. The van der Waals surface area contributed by atoms with E-state index < -0.39 is 0 Å². The molecule has 0 unspecified atom stereocenters. The minimum atomic E-state index is -0.274. The maximum absolute atomic E-state index is 11.7. The molecule has 0 saturated carbocycles. The molecule has 0 radical (unpaired) electrons. The van der Waals surface area contributed by atoms with Gasteiger partial charge in [-0.15, -0.1) is 0 Å². The number of anilines is 1. The number of nitriles is 1. The zero-order chi connectivity index (χ0) is 15.0. The van der Waals surface area contributed by atoms with E-state index in [0.717, 1.165) is 5.56 Å². The standard InChI is InChI=1S/C15H21N3O2/c1-15(2,8-10-19)11-17-14(20)18-13-5-3-12(4-6-13)7-9-16/h3-6,19H,7-8,10-11H2,1-2H3,(H2,17,18,20). The Hall–Kier alpha value is -2.06. The van der Waals surface area contributed by atoms with Crippen molar-refractivity contribution in [1.29, 1.82) is 5.26 Å². The lowest BCUT2D eigenvalue weighted by atomic mass is 9.90. The van der Waals surface area contributed by atoms with Crippen molar-refractivity contribution in [1.82, 2.24) is 5.32 Å². The SMILES string of the molecule is CC(C)(CCO)CNC(=O)Nc1ccc(CC#N)cc1. The topological polar surface area (TPSA) is 85.2 Å². The molecule has 0 aliphatic heterocycles. The number of aliphatic hydroxyl groups excluding tert-OH is 1. The summed E-state index contributed by atoms with van der Waals surface area (Å²) in [5.41, 5.74) is 1.47. The van der Waals surface area contributed by atoms with Crippen LogP contribution in [0.25, 0.3) is 0 Å². The first-order valence-electron chi connectivity index (χ1n) is 6.58. The van der Waals surface area contributed by atoms with Crippen molar-refractivity contribution in [2.45, 2.75) is 26.7 Å². The van der Waals surface area contributed by atoms with Crippen LogP contribution >= 0.6 is 0 Å². The minimum Gasteiger partial charge on any atom is -0.396 e. The number of carbonyl (C=O) groups is 1. The fraction of sp³-hybridized carbons (Fsp3) is 0.467. The molecule has 0 heterocycles. The third kappa shape index (κ3) is 5.72. The van der Waals surface area contributed by atoms with Crippen LogP contribution < -0.4 is 10.6 Å². The average Bonchev–Trinajstić information content (AvgIpc) is 2.39. The van der Waals surface area contributed by atoms with Crippen molar-refractivity contribution in [3.63, 3.8) is 0 Å². The van der Waals surface area contributed by atoms with Crippen LogP contribution in [0.1, 0.15) is 25.8 Å². The molecule has 0 bridgehead atoms. The molecule has 3 N–H and O–H groups in total. The Labute approximate surface area is 119 Å². The molecule has 0 aliphatic rings. The first-order valence-corrected chi connectivity index (χ1v) is 6.58. The number of carbonyl (C=O) groups excluding carboxylic acids is 1. The average molecular weight is 275 g/mol. The van der Waals surface area contributed by atoms with E-state index >= 15 is 0 Å². The summed E-state index contributed by atoms with van der Waals surface area (Å²) in [6.45, 7) is 4.57. The number of benzene rings is 1. The van der Waals surface area contributed by atoms with Gasteiger partial charge in [-0.2, -0.15) is 5.26 Å². The zero-order valence-electron chi connectivity index (χ0n) is 11.9. The molecule has 1 aromatic rings. The second kappa shape index (κ2) is 7.51. The quantitative estimate of drug-likeness (QED) is 0.744. The van der Waals surface area contributed by atoms with Crippen LogP contribution in [0.5, 0.6) is 0 Å². The number of nitrogens with zero attached hydrogens (tertiary/aromatic N) is 1. The Bertz CT molecular complexity index is 475. The molecule has 0 saturated heterocycles. The number of amides is 2. The van der Waals surface area contributed by atoms with E-state index in [0.29, 0.717) is 25.1 Å². The van der Waals surface area contributed by atoms with Gasteiger partial charge in [0, 0.05) is 18.8 Å². The summed E-state index contributed by atoms with van der Waals surface area (Å²) in [5.74, 6) is 0. The van der Waals surface area contributed by atoms with Gasteiger partial charge in [0.25, 0.3) is 0 Å². The third-order valence-corrected chi connectivity index (χ3v) is 3.01. The summed E-state index contributed by atoms with van der Waals surface area (Å²) in [6.07, 6.45) is 0.998. The molecule has 5 heteroatoms. The summed E-state index contributed by atoms with van der Waals surface area (Å²) < 4.78 is 0. The first kappa shape index (κ1) is 16.0. The Morgan fingerprint density at radius 2 is 2.00 bits per heavy atom. The Balaban J connectivity index is 2.44. The summed E-state index contributed by atoms with van der Waals surface area (Å²) in [7, 11) is 0. The van der Waals surface area contributed by atoms with E-state index in [9.17, 15) is 4.79 Å². The van der Waals surface area contributed by atoms with Gasteiger partial charge in [-0.1, -0.05) is 26.0 Å². The van der Waals surface area contributed by atoms with Gasteiger partial charge in [-0.05, 0) is 29.5 Å². The van der Waals surface area contributed by atoms with Gasteiger partial charge in [0.1, 0.15) is 0 Å². The van der Waals surface area contributed by atoms with Crippen LogP contribution in [-0.2, 0) is 6.42 Å². The van der Waals surface area contributed by atoms with E-state index in [1.165, 1.54) is 0 Å². The third-order valence-electron chi connectivity index (χ3n) is 3.01. The van der Waals surface area contributed by atoms with Crippen LogP contribution in [0, 0.1) is 16.7 Å². The van der Waals surface area contributed by atoms with Crippen molar-refractivity contribution in [3.8, 4) is 6.07 Å². The lowest BCUT2D eigenvalue weighted by Crippen LogP contribution is -2.37. The molecule has 108 valence electrons. The van der Waals surface area contributed by atoms with Crippen molar-refractivity contribution in [3.05, 3.63) is 29.8 Å². The van der Waals surface area contributed by atoms with Gasteiger partial charge in [-0.3, -0.25) is 0 Å². The number of aliphatic hydroxyl groups is 1. The maximum atomic E-state index is 11.7. The van der Waals surface area contributed by atoms with Gasteiger partial charge in [0.2, 0.25) is 0 Å². The van der Waals surface area contributed by atoms with Crippen LogP contribution in [0.15, 0.2) is 24.3 Å². The lowest BCUT2D eigenvalue weighted by molar-refractivity contribution is 0.204. The van der Waals surface area contributed by atoms with E-state index in [1.807, 2.05) is 26.0 Å². The molecule has 2 amide bonds. The molecular weight excluding hydrogens is 254 g/mol. The summed E-state index contributed by atoms with van der Waals surface area (Å²) in [5, 5.41) is 23.0. The number of hydrogen-bond acceptors (Lipinski definition) is 3. The predicted octanol–water partition coefficient (Wildman–Crippen LogP) is 2.28. The summed E-state index contributed by atoms with van der Waals surface area (Å²) in [4.78, 5) is 11.7. The van der Waals surface area contributed by atoms with E-state index in [-0.39, 0.29) is 18.1 Å². The molecule has 20 heavy (non-hydrogen) atoms. The van der Waals surface area contributed by atoms with Crippen molar-refractivity contribution < 1.29 is 9.90 Å². The second-order valence-electron chi connectivity index (χ2n) is 5.48. The molecule has 0 fully saturated rings. The Morgan fingerprint density at radius 3 is 2.55 bits per heavy atom. The molecular formula is C15H21N3O2. The summed E-state index contributed by atoms with van der Waals surface area (Å²) >= 11 is 0. The van der Waals surface area contributed by atoms with Crippen LogP contribution in [0.4, 0.5) is 10.5 Å². The number of nitrogens with one attached hydrogen (secondary N) is 2. The van der Waals surface area contributed by atoms with E-state index in [1.54, 1.807) is 12.1 Å². The van der Waals surface area contributed by atoms with Crippen molar-refractivity contribution in [2.24, 2.45) is 5.41 Å². The number of hydrogen-bond donors (Lipinski definition) is 3. The highest BCUT2D eigenvalue weighted by molar-refractivity contribution is 5.89. The van der Waals surface area contributed by atoms with Crippen LogP contribution in [0.2, 0.25) is 0 Å². The highest BCUT2D eigenvalue weighted by atomic mass is 16.3. The molecule has 0 spiro atoms. The monoisotopic (exact) mass is 275 g/mol. The zero-order valence-corrected chi connectivity index (χ0v) is 11.9. The largest absolute Gasteiger partial charge is 0.396 e. The summed E-state index contributed by atoms with van der Waals surface area (Å²) in [6, 6.07) is 8.96. The van der Waals surface area contributed by atoms with Gasteiger partial charge < -0.3 is 15.7 Å². The van der Waals surface area contributed by atoms with Gasteiger partial charge >= 0.3 is 6.03 Å². The second-order valence-corrected chi connectivity index (χ2v) is 5.48.